The van der Waals surface area contributed by atoms with Crippen molar-refractivity contribution in [1.29, 1.82) is 0 Å². The summed E-state index contributed by atoms with van der Waals surface area (Å²) < 4.78 is 3.10. The molecule has 2 aromatic heterocycles. The van der Waals surface area contributed by atoms with E-state index in [1.165, 1.54) is 4.68 Å². The average molecular weight is 391 g/mol. The van der Waals surface area contributed by atoms with Crippen molar-refractivity contribution in [3.8, 4) is 5.69 Å². The van der Waals surface area contributed by atoms with Gasteiger partial charge in [-0.15, -0.1) is 0 Å². The molecular formula is C22H25N5O2. The van der Waals surface area contributed by atoms with Gasteiger partial charge in [-0.25, -0.2) is 14.0 Å². The lowest BCUT2D eigenvalue weighted by Gasteiger charge is -2.31. The third-order valence-electron chi connectivity index (χ3n) is 5.53. The van der Waals surface area contributed by atoms with E-state index in [4.69, 9.17) is 0 Å². The first-order valence-electron chi connectivity index (χ1n) is 10.0. The Balaban J connectivity index is 1.42. The molecule has 0 spiro atoms. The van der Waals surface area contributed by atoms with E-state index >= 15 is 0 Å². The Hall–Kier alpha value is -3.22. The van der Waals surface area contributed by atoms with E-state index in [1.807, 2.05) is 53.6 Å². The number of benzene rings is 1. The fourth-order valence-corrected chi connectivity index (χ4v) is 3.91. The molecule has 0 radical (unpaired) electrons. The van der Waals surface area contributed by atoms with Crippen molar-refractivity contribution in [2.24, 2.45) is 7.05 Å². The summed E-state index contributed by atoms with van der Waals surface area (Å²) in [5.74, 6) is 1.12. The zero-order valence-electron chi connectivity index (χ0n) is 16.6. The van der Waals surface area contributed by atoms with Crippen LogP contribution in [0.1, 0.15) is 36.6 Å². The predicted molar refractivity (Wildman–Crippen MR) is 110 cm³/mol. The topological polar surface area (TPSA) is 73.0 Å². The van der Waals surface area contributed by atoms with Gasteiger partial charge >= 0.3 is 5.69 Å². The van der Waals surface area contributed by atoms with Crippen molar-refractivity contribution in [3.05, 3.63) is 76.7 Å². The van der Waals surface area contributed by atoms with Crippen LogP contribution in [-0.4, -0.2) is 43.2 Å². The molecule has 3 aromatic rings. The highest BCUT2D eigenvalue weighted by atomic mass is 16.2. The minimum absolute atomic E-state index is 0.138. The quantitative estimate of drug-likeness (QED) is 0.669. The molecule has 1 fully saturated rings. The number of carbonyl (C=O) groups excluding carboxylic acids is 1. The van der Waals surface area contributed by atoms with Gasteiger partial charge in [-0.3, -0.25) is 9.78 Å². The first-order chi connectivity index (χ1) is 14.1. The van der Waals surface area contributed by atoms with Crippen LogP contribution in [0.25, 0.3) is 5.69 Å². The van der Waals surface area contributed by atoms with Gasteiger partial charge in [0.2, 0.25) is 5.91 Å². The molecule has 7 heteroatoms. The van der Waals surface area contributed by atoms with Crippen LogP contribution in [0, 0.1) is 0 Å². The van der Waals surface area contributed by atoms with Gasteiger partial charge in [-0.05, 0) is 43.0 Å². The number of aromatic nitrogens is 4. The summed E-state index contributed by atoms with van der Waals surface area (Å²) in [7, 11) is 1.68. The molecular weight excluding hydrogens is 366 g/mol. The summed E-state index contributed by atoms with van der Waals surface area (Å²) in [6.07, 6.45) is 6.37. The van der Waals surface area contributed by atoms with Crippen molar-refractivity contribution in [3.63, 3.8) is 0 Å². The maximum Gasteiger partial charge on any atom is 0.350 e. The molecule has 29 heavy (non-hydrogen) atoms. The number of aryl methyl sites for hydroxylation is 2. The van der Waals surface area contributed by atoms with Gasteiger partial charge in [-0.2, -0.15) is 5.10 Å². The average Bonchev–Trinajstić information content (AvgIpc) is 3.08. The molecule has 0 N–H and O–H groups in total. The summed E-state index contributed by atoms with van der Waals surface area (Å²) in [5, 5.41) is 4.51. The summed E-state index contributed by atoms with van der Waals surface area (Å²) in [4.78, 5) is 31.2. The Morgan fingerprint density at radius 2 is 1.86 bits per heavy atom. The molecule has 4 rings (SSSR count). The van der Waals surface area contributed by atoms with E-state index in [1.54, 1.807) is 17.8 Å². The van der Waals surface area contributed by atoms with E-state index in [-0.39, 0.29) is 17.5 Å². The number of hydrogen-bond donors (Lipinski definition) is 0. The third kappa shape index (κ3) is 4.13. The molecule has 0 atom stereocenters. The highest BCUT2D eigenvalue weighted by molar-refractivity contribution is 5.76. The number of rotatable bonds is 5. The number of pyridine rings is 1. The standard InChI is InChI=1S/C22H25N5O2/c1-25-22(29)27(19-7-3-2-4-8-19)21(24-25)18-11-14-26(15-12-18)20(28)10-9-17-6-5-13-23-16-17/h2-8,13,16,18H,9-12,14-15H2,1H3. The molecule has 150 valence electrons. The number of hydrogen-bond acceptors (Lipinski definition) is 4. The van der Waals surface area contributed by atoms with Crippen LogP contribution in [0.4, 0.5) is 0 Å². The van der Waals surface area contributed by atoms with Crippen molar-refractivity contribution in [2.75, 3.05) is 13.1 Å². The van der Waals surface area contributed by atoms with Crippen LogP contribution >= 0.6 is 0 Å². The molecule has 1 saturated heterocycles. The number of nitrogens with zero attached hydrogens (tertiary/aromatic N) is 5. The SMILES string of the molecule is Cn1nc(C2CCN(C(=O)CCc3cccnc3)CC2)n(-c2ccccc2)c1=O. The molecule has 0 saturated carbocycles. The second kappa shape index (κ2) is 8.43. The molecule has 0 unspecified atom stereocenters. The van der Waals surface area contributed by atoms with Crippen molar-refractivity contribution < 1.29 is 4.79 Å². The van der Waals surface area contributed by atoms with Gasteiger partial charge in [-0.1, -0.05) is 24.3 Å². The van der Waals surface area contributed by atoms with Crippen LogP contribution in [0.2, 0.25) is 0 Å². The smallest absolute Gasteiger partial charge is 0.343 e. The molecule has 0 aliphatic carbocycles. The summed E-state index contributed by atoms with van der Waals surface area (Å²) in [5.41, 5.74) is 1.77. The molecule has 0 bridgehead atoms. The first-order valence-corrected chi connectivity index (χ1v) is 10.0. The monoisotopic (exact) mass is 391 g/mol. The second-order valence-corrected chi connectivity index (χ2v) is 7.45. The maximum atomic E-state index is 12.6. The van der Waals surface area contributed by atoms with Gasteiger partial charge in [0, 0.05) is 44.9 Å². The Bertz CT molecular complexity index is 1020. The molecule has 3 heterocycles. The van der Waals surface area contributed by atoms with Crippen LogP contribution in [-0.2, 0) is 18.3 Å². The lowest BCUT2D eigenvalue weighted by molar-refractivity contribution is -0.132. The maximum absolute atomic E-state index is 12.6. The normalized spacial score (nSPS) is 14.9. The molecule has 1 aromatic carbocycles. The molecule has 7 nitrogen and oxygen atoms in total. The fourth-order valence-electron chi connectivity index (χ4n) is 3.91. The summed E-state index contributed by atoms with van der Waals surface area (Å²) in [6.45, 7) is 1.38. The van der Waals surface area contributed by atoms with Crippen molar-refractivity contribution >= 4 is 5.91 Å². The van der Waals surface area contributed by atoms with E-state index in [2.05, 4.69) is 10.1 Å². The molecule has 1 amide bonds. The summed E-state index contributed by atoms with van der Waals surface area (Å²) in [6, 6.07) is 13.5. The van der Waals surface area contributed by atoms with Crippen molar-refractivity contribution in [1.82, 2.24) is 24.2 Å². The minimum Gasteiger partial charge on any atom is -0.343 e. The predicted octanol–water partition coefficient (Wildman–Crippen LogP) is 2.30. The van der Waals surface area contributed by atoms with E-state index in [0.29, 0.717) is 25.9 Å². The number of amides is 1. The lowest BCUT2D eigenvalue weighted by atomic mass is 9.95. The van der Waals surface area contributed by atoms with Crippen molar-refractivity contribution in [2.45, 2.75) is 31.6 Å². The van der Waals surface area contributed by atoms with Gasteiger partial charge in [0.05, 0.1) is 5.69 Å². The number of carbonyl (C=O) groups is 1. The van der Waals surface area contributed by atoms with Crippen LogP contribution < -0.4 is 5.69 Å². The third-order valence-corrected chi connectivity index (χ3v) is 5.53. The Morgan fingerprint density at radius 3 is 2.55 bits per heavy atom. The van der Waals surface area contributed by atoms with Gasteiger partial charge in [0.25, 0.3) is 0 Å². The van der Waals surface area contributed by atoms with Crippen LogP contribution in [0.15, 0.2) is 59.7 Å². The van der Waals surface area contributed by atoms with E-state index < -0.39 is 0 Å². The van der Waals surface area contributed by atoms with E-state index in [0.717, 1.165) is 29.9 Å². The molecule has 1 aliphatic heterocycles. The van der Waals surface area contributed by atoms with Gasteiger partial charge in [0.1, 0.15) is 5.82 Å². The Labute approximate surface area is 169 Å². The number of para-hydroxylation sites is 1. The Morgan fingerprint density at radius 1 is 1.10 bits per heavy atom. The zero-order valence-corrected chi connectivity index (χ0v) is 16.6. The zero-order chi connectivity index (χ0) is 20.2. The van der Waals surface area contributed by atoms with Gasteiger partial charge < -0.3 is 4.90 Å². The van der Waals surface area contributed by atoms with E-state index in [9.17, 15) is 9.59 Å². The largest absolute Gasteiger partial charge is 0.350 e. The summed E-state index contributed by atoms with van der Waals surface area (Å²) >= 11 is 0. The highest BCUT2D eigenvalue weighted by Gasteiger charge is 2.28. The second-order valence-electron chi connectivity index (χ2n) is 7.45. The first kappa shape index (κ1) is 19.1. The van der Waals surface area contributed by atoms with Crippen LogP contribution in [0.5, 0.6) is 0 Å². The lowest BCUT2D eigenvalue weighted by Crippen LogP contribution is -2.38. The van der Waals surface area contributed by atoms with Crippen LogP contribution in [0.3, 0.4) is 0 Å². The Kier molecular flexibility index (Phi) is 5.55. The highest BCUT2D eigenvalue weighted by Crippen LogP contribution is 2.28. The minimum atomic E-state index is -0.138. The van der Waals surface area contributed by atoms with Gasteiger partial charge in [0.15, 0.2) is 0 Å². The molecule has 1 aliphatic rings. The number of piperidine rings is 1. The number of likely N-dealkylation sites (tertiary alicyclic amines) is 1. The fraction of sp³-hybridized carbons (Fsp3) is 0.364.